The fourth-order valence-corrected chi connectivity index (χ4v) is 3.53. The smallest absolute Gasteiger partial charge is 0.409 e. The van der Waals surface area contributed by atoms with Crippen LogP contribution < -0.4 is 14.6 Å². The minimum Gasteiger partial charge on any atom is -0.409 e. The molecule has 3 aromatic rings. The number of hydrogen-bond acceptors (Lipinski definition) is 4. The monoisotopic (exact) mass is 368 g/mol. The molecule has 3 rings (SSSR count). The fourth-order valence-electron chi connectivity index (χ4n) is 2.23. The number of para-hydroxylation sites is 2. The predicted molar refractivity (Wildman–Crippen MR) is 98.2 cm³/mol. The van der Waals surface area contributed by atoms with Gasteiger partial charge in [0.25, 0.3) is 10.0 Å². The lowest BCUT2D eigenvalue weighted by Crippen LogP contribution is -2.47. The average molecular weight is 368 g/mol. The first kappa shape index (κ1) is 17.5. The van der Waals surface area contributed by atoms with Crippen LogP contribution in [0, 0.1) is 0 Å². The number of nitrogens with one attached hydrogen (secondary N) is 1. The number of benzene rings is 3. The van der Waals surface area contributed by atoms with E-state index in [1.807, 2.05) is 0 Å². The zero-order chi connectivity index (χ0) is 18.4. The Kier molecular flexibility index (Phi) is 5.19. The van der Waals surface area contributed by atoms with Crippen LogP contribution in [0.1, 0.15) is 0 Å². The Morgan fingerprint density at radius 1 is 0.769 bits per heavy atom. The van der Waals surface area contributed by atoms with Crippen molar-refractivity contribution in [1.29, 1.82) is 0 Å². The van der Waals surface area contributed by atoms with E-state index < -0.39 is 16.1 Å². The molecule has 1 amide bonds. The van der Waals surface area contributed by atoms with E-state index in [1.165, 1.54) is 12.1 Å². The molecular formula is C19H16N2O4S. The summed E-state index contributed by atoms with van der Waals surface area (Å²) in [4.78, 5) is 12.3. The molecule has 0 saturated heterocycles. The summed E-state index contributed by atoms with van der Waals surface area (Å²) in [6.45, 7) is 0. The van der Waals surface area contributed by atoms with Gasteiger partial charge in [0, 0.05) is 0 Å². The van der Waals surface area contributed by atoms with Crippen LogP contribution in [-0.4, -0.2) is 14.5 Å². The molecule has 0 aliphatic carbocycles. The third-order valence-corrected chi connectivity index (χ3v) is 5.07. The molecule has 0 saturated carbocycles. The molecule has 6 nitrogen and oxygen atoms in total. The number of amides is 1. The van der Waals surface area contributed by atoms with Crippen molar-refractivity contribution in [3.63, 3.8) is 0 Å². The van der Waals surface area contributed by atoms with Gasteiger partial charge in [-0.25, -0.2) is 10.2 Å². The van der Waals surface area contributed by atoms with Crippen LogP contribution in [0.2, 0.25) is 0 Å². The van der Waals surface area contributed by atoms with E-state index in [1.54, 1.807) is 78.9 Å². The van der Waals surface area contributed by atoms with Gasteiger partial charge in [0.1, 0.15) is 5.75 Å². The summed E-state index contributed by atoms with van der Waals surface area (Å²) in [7, 11) is -4.02. The normalized spacial score (nSPS) is 10.8. The highest BCUT2D eigenvalue weighted by molar-refractivity contribution is 7.92. The molecule has 0 heterocycles. The highest BCUT2D eigenvalue weighted by Crippen LogP contribution is 2.21. The molecule has 3 aromatic carbocycles. The van der Waals surface area contributed by atoms with Crippen molar-refractivity contribution < 1.29 is 17.9 Å². The second kappa shape index (κ2) is 7.71. The minimum absolute atomic E-state index is 0.0452. The molecular weight excluding hydrogens is 352 g/mol. The van der Waals surface area contributed by atoms with Crippen LogP contribution in [0.3, 0.4) is 0 Å². The highest BCUT2D eigenvalue weighted by atomic mass is 32.2. The van der Waals surface area contributed by atoms with Crippen molar-refractivity contribution in [2.24, 2.45) is 0 Å². The summed E-state index contributed by atoms with van der Waals surface area (Å²) in [5.41, 5.74) is 2.58. The average Bonchev–Trinajstić information content (AvgIpc) is 2.68. The maximum Gasteiger partial charge on any atom is 0.432 e. The summed E-state index contributed by atoms with van der Waals surface area (Å²) in [5, 5.41) is 0. The van der Waals surface area contributed by atoms with Gasteiger partial charge in [-0.05, 0) is 36.4 Å². The van der Waals surface area contributed by atoms with E-state index in [4.69, 9.17) is 4.74 Å². The van der Waals surface area contributed by atoms with Crippen molar-refractivity contribution in [3.8, 4) is 5.75 Å². The first-order valence-electron chi connectivity index (χ1n) is 7.76. The van der Waals surface area contributed by atoms with E-state index in [9.17, 15) is 13.2 Å². The van der Waals surface area contributed by atoms with E-state index in [0.29, 0.717) is 5.75 Å². The minimum atomic E-state index is -4.02. The fraction of sp³-hybridized carbons (Fsp3) is 0. The molecule has 0 aromatic heterocycles. The van der Waals surface area contributed by atoms with E-state index in [-0.39, 0.29) is 10.6 Å². The number of carbonyl (C=O) groups excluding carboxylic acids is 1. The largest absolute Gasteiger partial charge is 0.432 e. The van der Waals surface area contributed by atoms with Crippen LogP contribution in [0.4, 0.5) is 10.5 Å². The van der Waals surface area contributed by atoms with Crippen LogP contribution >= 0.6 is 0 Å². The number of rotatable bonds is 5. The number of sulfonamides is 1. The molecule has 0 aliphatic heterocycles. The Bertz CT molecular complexity index is 962. The van der Waals surface area contributed by atoms with Gasteiger partial charge in [0.15, 0.2) is 0 Å². The molecule has 0 bridgehead atoms. The maximum absolute atomic E-state index is 13.0. The number of anilines is 1. The van der Waals surface area contributed by atoms with Gasteiger partial charge >= 0.3 is 6.09 Å². The standard InChI is InChI=1S/C19H16N2O4S/c22-19(25-17-12-6-2-7-13-17)20-21(16-10-4-1-5-11-16)26(23,24)18-14-8-3-9-15-18/h1-15H,(H,20,22). The second-order valence-electron chi connectivity index (χ2n) is 5.23. The Morgan fingerprint density at radius 3 is 1.85 bits per heavy atom. The molecule has 0 unspecified atom stereocenters. The number of carbonyl (C=O) groups is 1. The van der Waals surface area contributed by atoms with Crippen LogP contribution in [-0.2, 0) is 10.0 Å². The molecule has 0 fully saturated rings. The zero-order valence-electron chi connectivity index (χ0n) is 13.6. The zero-order valence-corrected chi connectivity index (χ0v) is 14.5. The summed E-state index contributed by atoms with van der Waals surface area (Å²) in [5.74, 6) is 0.301. The second-order valence-corrected chi connectivity index (χ2v) is 7.02. The van der Waals surface area contributed by atoms with Gasteiger partial charge < -0.3 is 4.74 Å². The van der Waals surface area contributed by atoms with Gasteiger partial charge in [0.05, 0.1) is 10.6 Å². The lowest BCUT2D eigenvalue weighted by atomic mass is 10.3. The Hall–Kier alpha value is -3.32. The topological polar surface area (TPSA) is 75.7 Å². The highest BCUT2D eigenvalue weighted by Gasteiger charge is 2.27. The summed E-state index contributed by atoms with van der Waals surface area (Å²) in [6, 6.07) is 24.5. The molecule has 0 aliphatic rings. The number of hydrazine groups is 1. The van der Waals surface area contributed by atoms with Gasteiger partial charge in [-0.2, -0.15) is 12.8 Å². The SMILES string of the molecule is O=C(NN(c1ccccc1)S(=O)(=O)c1ccccc1)Oc1ccccc1. The van der Waals surface area contributed by atoms with Crippen LogP contribution in [0.25, 0.3) is 0 Å². The summed E-state index contributed by atoms with van der Waals surface area (Å²) < 4.78 is 31.9. The van der Waals surface area contributed by atoms with Crippen molar-refractivity contribution in [1.82, 2.24) is 5.43 Å². The van der Waals surface area contributed by atoms with Gasteiger partial charge in [-0.15, -0.1) is 0 Å². The van der Waals surface area contributed by atoms with Gasteiger partial charge in [-0.1, -0.05) is 54.6 Å². The van der Waals surface area contributed by atoms with E-state index in [0.717, 1.165) is 4.41 Å². The van der Waals surface area contributed by atoms with E-state index >= 15 is 0 Å². The number of ether oxygens (including phenoxy) is 1. The van der Waals surface area contributed by atoms with Crippen LogP contribution in [0.5, 0.6) is 5.75 Å². The predicted octanol–water partition coefficient (Wildman–Crippen LogP) is 3.59. The molecule has 7 heteroatoms. The lowest BCUT2D eigenvalue weighted by molar-refractivity contribution is 0.201. The third kappa shape index (κ3) is 4.01. The molecule has 0 radical (unpaired) electrons. The molecule has 0 atom stereocenters. The molecule has 0 spiro atoms. The first-order valence-corrected chi connectivity index (χ1v) is 9.20. The first-order chi connectivity index (χ1) is 12.6. The van der Waals surface area contributed by atoms with Crippen molar-refractivity contribution in [3.05, 3.63) is 91.0 Å². The Labute approximate surface area is 151 Å². The summed E-state index contributed by atoms with van der Waals surface area (Å²) in [6.07, 6.45) is -0.917. The van der Waals surface area contributed by atoms with Crippen molar-refractivity contribution in [2.75, 3.05) is 4.41 Å². The Balaban J connectivity index is 1.91. The van der Waals surface area contributed by atoms with Gasteiger partial charge in [0.2, 0.25) is 0 Å². The lowest BCUT2D eigenvalue weighted by Gasteiger charge is -2.24. The third-order valence-electron chi connectivity index (χ3n) is 3.42. The molecule has 1 N–H and O–H groups in total. The molecule has 132 valence electrons. The van der Waals surface area contributed by atoms with E-state index in [2.05, 4.69) is 5.43 Å². The van der Waals surface area contributed by atoms with Crippen molar-refractivity contribution >= 4 is 21.8 Å². The van der Waals surface area contributed by atoms with Gasteiger partial charge in [-0.3, -0.25) is 0 Å². The number of nitrogens with zero attached hydrogens (tertiary/aromatic N) is 1. The number of hydrogen-bond donors (Lipinski definition) is 1. The van der Waals surface area contributed by atoms with Crippen LogP contribution in [0.15, 0.2) is 95.9 Å². The summed E-state index contributed by atoms with van der Waals surface area (Å²) >= 11 is 0. The van der Waals surface area contributed by atoms with Crippen molar-refractivity contribution in [2.45, 2.75) is 4.90 Å². The Morgan fingerprint density at radius 2 is 1.27 bits per heavy atom. The quantitative estimate of drug-likeness (QED) is 0.699. The maximum atomic E-state index is 13.0. The molecule has 26 heavy (non-hydrogen) atoms.